The van der Waals surface area contributed by atoms with Gasteiger partial charge in [0.15, 0.2) is 0 Å². The van der Waals surface area contributed by atoms with Crippen molar-refractivity contribution in [3.8, 4) is 6.07 Å². The Balaban J connectivity index is 2.28. The van der Waals surface area contributed by atoms with Gasteiger partial charge in [-0.05, 0) is 18.2 Å². The number of aryl methyl sites for hydroxylation is 1. The first kappa shape index (κ1) is 10.7. The highest BCUT2D eigenvalue weighted by atomic mass is 79.9. The van der Waals surface area contributed by atoms with Crippen molar-refractivity contribution in [3.63, 3.8) is 0 Å². The van der Waals surface area contributed by atoms with Gasteiger partial charge in [-0.15, -0.1) is 0 Å². The molecule has 0 atom stereocenters. The van der Waals surface area contributed by atoms with E-state index in [0.29, 0.717) is 5.56 Å². The molecule has 1 heterocycles. The second-order valence-electron chi connectivity index (χ2n) is 3.37. The summed E-state index contributed by atoms with van der Waals surface area (Å²) in [6, 6.07) is 7.58. The van der Waals surface area contributed by atoms with Gasteiger partial charge in [0, 0.05) is 23.4 Å². The van der Waals surface area contributed by atoms with Crippen molar-refractivity contribution in [1.29, 1.82) is 5.26 Å². The quantitative estimate of drug-likeness (QED) is 0.918. The molecule has 2 rings (SSSR count). The number of benzene rings is 1. The van der Waals surface area contributed by atoms with E-state index >= 15 is 0 Å². The van der Waals surface area contributed by atoms with Gasteiger partial charge in [-0.25, -0.2) is 0 Å². The number of hydrogen-bond acceptors (Lipinski definition) is 3. The van der Waals surface area contributed by atoms with Crippen molar-refractivity contribution in [3.05, 3.63) is 40.6 Å². The molecular weight excluding hydrogens is 268 g/mol. The zero-order valence-electron chi connectivity index (χ0n) is 8.61. The van der Waals surface area contributed by atoms with Crippen molar-refractivity contribution >= 4 is 27.3 Å². The Morgan fingerprint density at radius 2 is 2.19 bits per heavy atom. The zero-order chi connectivity index (χ0) is 11.5. The average Bonchev–Trinajstić information content (AvgIpc) is 2.63. The molecular formula is C11H9BrN4. The molecule has 5 heteroatoms. The summed E-state index contributed by atoms with van der Waals surface area (Å²) in [5.41, 5.74) is 2.36. The van der Waals surface area contributed by atoms with Crippen LogP contribution < -0.4 is 5.32 Å². The number of halogens is 1. The number of nitrogens with zero attached hydrogens (tertiary/aromatic N) is 3. The Morgan fingerprint density at radius 1 is 1.38 bits per heavy atom. The topological polar surface area (TPSA) is 53.6 Å². The normalized spacial score (nSPS) is 9.81. The Morgan fingerprint density at radius 3 is 2.81 bits per heavy atom. The van der Waals surface area contributed by atoms with E-state index in [1.54, 1.807) is 23.0 Å². The predicted molar refractivity (Wildman–Crippen MR) is 65.3 cm³/mol. The Labute approximate surface area is 102 Å². The summed E-state index contributed by atoms with van der Waals surface area (Å²) in [5.74, 6) is 0. The lowest BCUT2D eigenvalue weighted by Gasteiger charge is -2.04. The van der Waals surface area contributed by atoms with Crippen LogP contribution >= 0.6 is 15.9 Å². The molecule has 0 radical (unpaired) electrons. The molecule has 0 fully saturated rings. The minimum absolute atomic E-state index is 0.612. The molecule has 2 aromatic rings. The summed E-state index contributed by atoms with van der Waals surface area (Å²) in [6.07, 6.45) is 3.60. The third-order valence-electron chi connectivity index (χ3n) is 2.02. The molecule has 80 valence electrons. The molecule has 16 heavy (non-hydrogen) atoms. The van der Waals surface area contributed by atoms with Crippen LogP contribution in [0, 0.1) is 11.3 Å². The molecule has 0 aliphatic heterocycles. The number of hydrogen-bond donors (Lipinski definition) is 1. The Hall–Kier alpha value is -1.80. The maximum absolute atomic E-state index is 8.84. The Bertz CT molecular complexity index is 553. The van der Waals surface area contributed by atoms with Gasteiger partial charge in [-0.2, -0.15) is 10.4 Å². The third kappa shape index (κ3) is 2.41. The fourth-order valence-electron chi connectivity index (χ4n) is 1.38. The second kappa shape index (κ2) is 4.37. The van der Waals surface area contributed by atoms with E-state index in [-0.39, 0.29) is 0 Å². The van der Waals surface area contributed by atoms with Crippen LogP contribution in [0.5, 0.6) is 0 Å². The van der Waals surface area contributed by atoms with Gasteiger partial charge in [-0.3, -0.25) is 4.68 Å². The van der Waals surface area contributed by atoms with Crippen LogP contribution in [-0.4, -0.2) is 9.78 Å². The van der Waals surface area contributed by atoms with E-state index in [1.165, 1.54) is 0 Å². The standard InChI is InChI=1S/C11H9BrN4/c1-16-7-11(6-14-16)15-10-3-8(5-13)2-9(12)4-10/h2-4,6-7,15H,1H3. The van der Waals surface area contributed by atoms with Crippen LogP contribution in [0.25, 0.3) is 0 Å². The summed E-state index contributed by atoms with van der Waals surface area (Å²) in [4.78, 5) is 0. The first-order chi connectivity index (χ1) is 7.67. The minimum Gasteiger partial charge on any atom is -0.353 e. The van der Waals surface area contributed by atoms with Crippen molar-refractivity contribution in [2.45, 2.75) is 0 Å². The minimum atomic E-state index is 0.612. The lowest BCUT2D eigenvalue weighted by molar-refractivity contribution is 0.768. The smallest absolute Gasteiger partial charge is 0.0992 e. The summed E-state index contributed by atoms with van der Waals surface area (Å²) >= 11 is 3.36. The van der Waals surface area contributed by atoms with Crippen LogP contribution in [0.2, 0.25) is 0 Å². The molecule has 4 nitrogen and oxygen atoms in total. The second-order valence-corrected chi connectivity index (χ2v) is 4.28. The van der Waals surface area contributed by atoms with E-state index < -0.39 is 0 Å². The van der Waals surface area contributed by atoms with E-state index in [1.807, 2.05) is 19.3 Å². The van der Waals surface area contributed by atoms with Crippen LogP contribution in [0.3, 0.4) is 0 Å². The maximum Gasteiger partial charge on any atom is 0.0992 e. The van der Waals surface area contributed by atoms with Gasteiger partial charge in [-0.1, -0.05) is 15.9 Å². The molecule has 0 bridgehead atoms. The van der Waals surface area contributed by atoms with E-state index in [4.69, 9.17) is 5.26 Å². The molecule has 0 amide bonds. The average molecular weight is 277 g/mol. The molecule has 0 saturated heterocycles. The van der Waals surface area contributed by atoms with Gasteiger partial charge < -0.3 is 5.32 Å². The summed E-state index contributed by atoms with van der Waals surface area (Å²) in [7, 11) is 1.85. The Kier molecular flexibility index (Phi) is 2.93. The first-order valence-electron chi connectivity index (χ1n) is 4.64. The van der Waals surface area contributed by atoms with Gasteiger partial charge in [0.2, 0.25) is 0 Å². The van der Waals surface area contributed by atoms with Crippen molar-refractivity contribution in [1.82, 2.24) is 9.78 Å². The molecule has 1 aromatic carbocycles. The maximum atomic E-state index is 8.84. The van der Waals surface area contributed by atoms with E-state index in [0.717, 1.165) is 15.8 Å². The molecule has 0 saturated carbocycles. The number of nitriles is 1. The van der Waals surface area contributed by atoms with Gasteiger partial charge >= 0.3 is 0 Å². The number of nitrogens with one attached hydrogen (secondary N) is 1. The predicted octanol–water partition coefficient (Wildman–Crippen LogP) is 2.80. The lowest BCUT2D eigenvalue weighted by Crippen LogP contribution is -1.90. The fraction of sp³-hybridized carbons (Fsp3) is 0.0909. The summed E-state index contributed by atoms with van der Waals surface area (Å²) in [6.45, 7) is 0. The zero-order valence-corrected chi connectivity index (χ0v) is 10.2. The van der Waals surface area contributed by atoms with Gasteiger partial charge in [0.05, 0.1) is 23.5 Å². The van der Waals surface area contributed by atoms with E-state index in [2.05, 4.69) is 32.4 Å². The molecule has 1 N–H and O–H groups in total. The van der Waals surface area contributed by atoms with Gasteiger partial charge in [0.25, 0.3) is 0 Å². The van der Waals surface area contributed by atoms with Crippen molar-refractivity contribution in [2.75, 3.05) is 5.32 Å². The highest BCUT2D eigenvalue weighted by molar-refractivity contribution is 9.10. The summed E-state index contributed by atoms with van der Waals surface area (Å²) in [5, 5.41) is 16.1. The SMILES string of the molecule is Cn1cc(Nc2cc(Br)cc(C#N)c2)cn1. The van der Waals surface area contributed by atoms with Crippen molar-refractivity contribution < 1.29 is 0 Å². The lowest BCUT2D eigenvalue weighted by atomic mass is 10.2. The number of aromatic nitrogens is 2. The van der Waals surface area contributed by atoms with Crippen LogP contribution in [0.4, 0.5) is 11.4 Å². The van der Waals surface area contributed by atoms with Gasteiger partial charge in [0.1, 0.15) is 0 Å². The molecule has 0 unspecified atom stereocenters. The number of rotatable bonds is 2. The molecule has 1 aromatic heterocycles. The largest absolute Gasteiger partial charge is 0.353 e. The summed E-state index contributed by atoms with van der Waals surface area (Å²) < 4.78 is 2.59. The number of anilines is 2. The third-order valence-corrected chi connectivity index (χ3v) is 2.48. The highest BCUT2D eigenvalue weighted by Gasteiger charge is 2.00. The monoisotopic (exact) mass is 276 g/mol. The van der Waals surface area contributed by atoms with Crippen LogP contribution in [0.15, 0.2) is 35.1 Å². The fourth-order valence-corrected chi connectivity index (χ4v) is 1.87. The van der Waals surface area contributed by atoms with Crippen LogP contribution in [-0.2, 0) is 7.05 Å². The van der Waals surface area contributed by atoms with E-state index in [9.17, 15) is 0 Å². The molecule has 0 spiro atoms. The van der Waals surface area contributed by atoms with Crippen LogP contribution in [0.1, 0.15) is 5.56 Å². The molecule has 0 aliphatic rings. The van der Waals surface area contributed by atoms with Crippen molar-refractivity contribution in [2.24, 2.45) is 7.05 Å². The highest BCUT2D eigenvalue weighted by Crippen LogP contribution is 2.22. The molecule has 0 aliphatic carbocycles. The first-order valence-corrected chi connectivity index (χ1v) is 5.43.